The lowest BCUT2D eigenvalue weighted by Crippen LogP contribution is -2.06. The number of aliphatic hydroxyl groups is 1. The van der Waals surface area contributed by atoms with Crippen LogP contribution in [0.3, 0.4) is 0 Å². The number of unbranched alkanes of at least 4 members (excludes halogenated alkanes) is 1. The molecule has 21 heavy (non-hydrogen) atoms. The van der Waals surface area contributed by atoms with Crippen molar-refractivity contribution in [1.82, 2.24) is 0 Å². The van der Waals surface area contributed by atoms with Crippen molar-refractivity contribution in [3.63, 3.8) is 0 Å². The van der Waals surface area contributed by atoms with Gasteiger partial charge in [-0.25, -0.2) is 4.79 Å². The lowest BCUT2D eigenvalue weighted by atomic mass is 10.1. The Hall–Kier alpha value is -1.65. The molecule has 0 saturated heterocycles. The minimum Gasteiger partial charge on any atom is -0.466 e. The Labute approximate surface area is 126 Å². The van der Waals surface area contributed by atoms with Gasteiger partial charge in [0.15, 0.2) is 0 Å². The number of ether oxygens (including phenoxy) is 2. The summed E-state index contributed by atoms with van der Waals surface area (Å²) in [5, 5.41) is 9.73. The molecule has 116 valence electrons. The normalized spacial score (nSPS) is 12.5. The van der Waals surface area contributed by atoms with E-state index in [1.165, 1.54) is 18.7 Å². The molecule has 1 atom stereocenters. The van der Waals surface area contributed by atoms with E-state index in [0.717, 1.165) is 12.8 Å². The minimum absolute atomic E-state index is 0.392. The number of rotatable bonds is 10. The van der Waals surface area contributed by atoms with Gasteiger partial charge in [-0.1, -0.05) is 36.4 Å². The fourth-order valence-electron chi connectivity index (χ4n) is 1.86. The van der Waals surface area contributed by atoms with Crippen LogP contribution in [-0.4, -0.2) is 30.9 Å². The van der Waals surface area contributed by atoms with E-state index in [1.54, 1.807) is 6.08 Å². The lowest BCUT2D eigenvalue weighted by molar-refractivity contribution is -0.134. The highest BCUT2D eigenvalue weighted by atomic mass is 16.5. The van der Waals surface area contributed by atoms with Gasteiger partial charge in [-0.05, 0) is 31.2 Å². The molecular formula is C17H24O4. The van der Waals surface area contributed by atoms with Crippen LogP contribution in [0.4, 0.5) is 0 Å². The number of carbonyl (C=O) groups excluding carboxylic acids is 1. The van der Waals surface area contributed by atoms with E-state index < -0.39 is 12.1 Å². The third-order valence-corrected chi connectivity index (χ3v) is 3.05. The van der Waals surface area contributed by atoms with Crippen LogP contribution in [-0.2, 0) is 20.9 Å². The summed E-state index contributed by atoms with van der Waals surface area (Å²) in [5.41, 5.74) is 1.17. The molecule has 0 aliphatic carbocycles. The average molecular weight is 292 g/mol. The number of benzene rings is 1. The highest BCUT2D eigenvalue weighted by Crippen LogP contribution is 2.07. The Bertz CT molecular complexity index is 414. The Morgan fingerprint density at radius 2 is 2.05 bits per heavy atom. The summed E-state index contributed by atoms with van der Waals surface area (Å²) in [4.78, 5) is 10.8. The van der Waals surface area contributed by atoms with Gasteiger partial charge in [0.05, 0.1) is 19.8 Å². The molecule has 0 aliphatic rings. The van der Waals surface area contributed by atoms with E-state index >= 15 is 0 Å². The molecule has 4 heteroatoms. The van der Waals surface area contributed by atoms with E-state index in [1.807, 2.05) is 30.3 Å². The first-order valence-corrected chi connectivity index (χ1v) is 7.26. The zero-order chi connectivity index (χ0) is 15.3. The van der Waals surface area contributed by atoms with Crippen molar-refractivity contribution in [2.45, 2.75) is 38.4 Å². The van der Waals surface area contributed by atoms with E-state index in [4.69, 9.17) is 4.74 Å². The monoisotopic (exact) mass is 292 g/mol. The molecule has 0 heterocycles. The van der Waals surface area contributed by atoms with E-state index in [9.17, 15) is 9.90 Å². The third kappa shape index (κ3) is 9.00. The van der Waals surface area contributed by atoms with Crippen molar-refractivity contribution in [1.29, 1.82) is 0 Å². The summed E-state index contributed by atoms with van der Waals surface area (Å²) >= 11 is 0. The maximum atomic E-state index is 10.8. The summed E-state index contributed by atoms with van der Waals surface area (Å²) in [6, 6.07) is 10.1. The van der Waals surface area contributed by atoms with Crippen LogP contribution in [0.25, 0.3) is 0 Å². The maximum Gasteiger partial charge on any atom is 0.330 e. The second-order valence-electron chi connectivity index (χ2n) is 4.85. The predicted molar refractivity (Wildman–Crippen MR) is 81.7 cm³/mol. The van der Waals surface area contributed by atoms with Gasteiger partial charge in [-0.3, -0.25) is 0 Å². The van der Waals surface area contributed by atoms with Gasteiger partial charge in [0, 0.05) is 12.7 Å². The molecule has 0 unspecified atom stereocenters. The molecule has 0 amide bonds. The molecule has 4 nitrogen and oxygen atoms in total. The van der Waals surface area contributed by atoms with Gasteiger partial charge in [-0.15, -0.1) is 0 Å². The van der Waals surface area contributed by atoms with Crippen molar-refractivity contribution >= 4 is 5.97 Å². The third-order valence-electron chi connectivity index (χ3n) is 3.05. The fraction of sp³-hybridized carbons (Fsp3) is 0.471. The number of hydrogen-bond donors (Lipinski definition) is 1. The Morgan fingerprint density at radius 1 is 1.29 bits per heavy atom. The summed E-state index contributed by atoms with van der Waals surface area (Å²) in [7, 11) is 1.33. The van der Waals surface area contributed by atoms with E-state index in [2.05, 4.69) is 4.74 Å². The maximum absolute atomic E-state index is 10.8. The van der Waals surface area contributed by atoms with Gasteiger partial charge in [0.25, 0.3) is 0 Å². The zero-order valence-electron chi connectivity index (χ0n) is 12.5. The highest BCUT2D eigenvalue weighted by Gasteiger charge is 2.02. The molecule has 0 fully saturated rings. The topological polar surface area (TPSA) is 55.8 Å². The Kier molecular flexibility index (Phi) is 9.16. The average Bonchev–Trinajstić information content (AvgIpc) is 2.51. The summed E-state index contributed by atoms with van der Waals surface area (Å²) < 4.78 is 10.0. The molecule has 0 aliphatic heterocycles. The molecule has 0 bridgehead atoms. The van der Waals surface area contributed by atoms with Crippen molar-refractivity contribution < 1.29 is 19.4 Å². The van der Waals surface area contributed by atoms with Crippen molar-refractivity contribution in [3.05, 3.63) is 48.0 Å². The number of esters is 1. The SMILES string of the molecule is COC(=O)/C=C/C[C@@H](O)CCCCOCc1ccccc1. The largest absolute Gasteiger partial charge is 0.466 e. The Morgan fingerprint density at radius 3 is 2.76 bits per heavy atom. The quantitative estimate of drug-likeness (QED) is 0.409. The minimum atomic E-state index is -0.417. The number of hydrogen-bond acceptors (Lipinski definition) is 4. The fourth-order valence-corrected chi connectivity index (χ4v) is 1.86. The molecule has 0 saturated carbocycles. The van der Waals surface area contributed by atoms with Gasteiger partial charge in [0.1, 0.15) is 0 Å². The summed E-state index contributed by atoms with van der Waals surface area (Å²) in [6.07, 6.45) is 5.57. The highest BCUT2D eigenvalue weighted by molar-refractivity contribution is 5.81. The van der Waals surface area contributed by atoms with Crippen LogP contribution in [0.1, 0.15) is 31.2 Å². The smallest absolute Gasteiger partial charge is 0.330 e. The van der Waals surface area contributed by atoms with Crippen molar-refractivity contribution in [2.75, 3.05) is 13.7 Å². The molecule has 1 aromatic carbocycles. The van der Waals surface area contributed by atoms with E-state index in [-0.39, 0.29) is 0 Å². The van der Waals surface area contributed by atoms with Gasteiger partial charge >= 0.3 is 5.97 Å². The first-order chi connectivity index (χ1) is 10.2. The molecule has 0 radical (unpaired) electrons. The van der Waals surface area contributed by atoms with Gasteiger partial charge in [0.2, 0.25) is 0 Å². The lowest BCUT2D eigenvalue weighted by Gasteiger charge is -2.08. The van der Waals surface area contributed by atoms with Crippen LogP contribution in [0.5, 0.6) is 0 Å². The van der Waals surface area contributed by atoms with Crippen LogP contribution in [0.2, 0.25) is 0 Å². The molecule has 1 N–H and O–H groups in total. The predicted octanol–water partition coefficient (Wildman–Crippen LogP) is 2.85. The second-order valence-corrected chi connectivity index (χ2v) is 4.85. The van der Waals surface area contributed by atoms with Crippen LogP contribution in [0, 0.1) is 0 Å². The van der Waals surface area contributed by atoms with Gasteiger partial charge in [-0.2, -0.15) is 0 Å². The number of carbonyl (C=O) groups is 1. The number of methoxy groups -OCH3 is 1. The van der Waals surface area contributed by atoms with Crippen molar-refractivity contribution in [3.8, 4) is 0 Å². The van der Waals surface area contributed by atoms with Gasteiger partial charge < -0.3 is 14.6 Å². The molecule has 1 rings (SSSR count). The first-order valence-electron chi connectivity index (χ1n) is 7.26. The Balaban J connectivity index is 1.98. The van der Waals surface area contributed by atoms with Crippen LogP contribution >= 0.6 is 0 Å². The van der Waals surface area contributed by atoms with E-state index in [0.29, 0.717) is 26.1 Å². The summed E-state index contributed by atoms with van der Waals surface area (Å²) in [6.45, 7) is 1.32. The number of aliphatic hydroxyl groups excluding tert-OH is 1. The zero-order valence-corrected chi connectivity index (χ0v) is 12.5. The molecule has 1 aromatic rings. The van der Waals surface area contributed by atoms with Crippen molar-refractivity contribution in [2.24, 2.45) is 0 Å². The molecule has 0 spiro atoms. The second kappa shape index (κ2) is 11.1. The first kappa shape index (κ1) is 17.4. The molecule has 0 aromatic heterocycles. The van der Waals surface area contributed by atoms with Crippen LogP contribution in [0.15, 0.2) is 42.5 Å². The van der Waals surface area contributed by atoms with Crippen LogP contribution < -0.4 is 0 Å². The summed E-state index contributed by atoms with van der Waals surface area (Å²) in [5.74, 6) is -0.392. The molecular weight excluding hydrogens is 268 g/mol. The standard InChI is InChI=1S/C17H24O4/c1-20-17(19)12-7-11-16(18)10-5-6-13-21-14-15-8-3-2-4-9-15/h2-4,7-9,12,16,18H,5-6,10-11,13-14H2,1H3/b12-7+/t16-/m0/s1.